The molecule has 0 fully saturated rings. The van der Waals surface area contributed by atoms with Gasteiger partial charge in [0, 0.05) is 17.7 Å². The molecule has 2 rings (SSSR count). The molecular formula is C10H10N2O3. The summed E-state index contributed by atoms with van der Waals surface area (Å²) < 4.78 is 5.13. The number of aromatic nitrogens is 2. The van der Waals surface area contributed by atoms with Gasteiger partial charge in [-0.25, -0.2) is 4.79 Å². The van der Waals surface area contributed by atoms with Crippen LogP contribution in [-0.2, 0) is 6.42 Å². The van der Waals surface area contributed by atoms with Crippen LogP contribution in [0.2, 0.25) is 0 Å². The summed E-state index contributed by atoms with van der Waals surface area (Å²) in [4.78, 5) is 27.1. The van der Waals surface area contributed by atoms with Gasteiger partial charge in [-0.1, -0.05) is 0 Å². The molecule has 78 valence electrons. The van der Waals surface area contributed by atoms with Crippen molar-refractivity contribution in [3.8, 4) is 0 Å². The minimum absolute atomic E-state index is 0.368. The maximum absolute atomic E-state index is 11.5. The Morgan fingerprint density at radius 3 is 2.73 bits per heavy atom. The summed E-state index contributed by atoms with van der Waals surface area (Å²) in [5.74, 6) is 0.690. The highest BCUT2D eigenvalue weighted by Gasteiger charge is 2.07. The van der Waals surface area contributed by atoms with E-state index in [1.165, 1.54) is 0 Å². The highest BCUT2D eigenvalue weighted by atomic mass is 16.3. The van der Waals surface area contributed by atoms with E-state index < -0.39 is 5.69 Å². The lowest BCUT2D eigenvalue weighted by Crippen LogP contribution is -2.27. The Balaban J connectivity index is 2.45. The first-order chi connectivity index (χ1) is 7.16. The summed E-state index contributed by atoms with van der Waals surface area (Å²) in [6.45, 7) is 1.69. The van der Waals surface area contributed by atoms with Gasteiger partial charge in [-0.3, -0.25) is 9.78 Å². The zero-order valence-corrected chi connectivity index (χ0v) is 8.16. The Kier molecular flexibility index (Phi) is 2.29. The number of hydrogen-bond acceptors (Lipinski definition) is 3. The Hall–Kier alpha value is -2.04. The lowest BCUT2D eigenvalue weighted by molar-refractivity contribution is 0.519. The zero-order chi connectivity index (χ0) is 10.8. The second-order valence-electron chi connectivity index (χ2n) is 3.27. The van der Waals surface area contributed by atoms with Crippen LogP contribution < -0.4 is 11.2 Å². The van der Waals surface area contributed by atoms with Crippen molar-refractivity contribution < 1.29 is 4.42 Å². The highest BCUT2D eigenvalue weighted by molar-refractivity contribution is 5.20. The van der Waals surface area contributed by atoms with Crippen LogP contribution in [0, 0.1) is 6.92 Å². The second kappa shape index (κ2) is 3.61. The Morgan fingerprint density at radius 2 is 2.13 bits per heavy atom. The molecule has 0 saturated heterocycles. The fourth-order valence-corrected chi connectivity index (χ4v) is 1.43. The SMILES string of the molecule is Cc1[nH]c(=O)[nH]c(=O)c1Cc1ccco1. The van der Waals surface area contributed by atoms with Gasteiger partial charge in [-0.05, 0) is 19.1 Å². The maximum atomic E-state index is 11.5. The van der Waals surface area contributed by atoms with E-state index in [4.69, 9.17) is 4.42 Å². The first-order valence-electron chi connectivity index (χ1n) is 4.51. The maximum Gasteiger partial charge on any atom is 0.325 e. The van der Waals surface area contributed by atoms with E-state index in [1.54, 1.807) is 25.3 Å². The minimum Gasteiger partial charge on any atom is -0.469 e. The second-order valence-corrected chi connectivity index (χ2v) is 3.27. The van der Waals surface area contributed by atoms with Gasteiger partial charge in [0.05, 0.1) is 6.26 Å². The van der Waals surface area contributed by atoms with E-state index in [1.807, 2.05) is 0 Å². The monoisotopic (exact) mass is 206 g/mol. The van der Waals surface area contributed by atoms with Crippen LogP contribution >= 0.6 is 0 Å². The van der Waals surface area contributed by atoms with Crippen molar-refractivity contribution in [3.05, 3.63) is 56.3 Å². The molecule has 0 aromatic carbocycles. The van der Waals surface area contributed by atoms with Crippen molar-refractivity contribution in [1.82, 2.24) is 9.97 Å². The molecule has 0 bridgehead atoms. The van der Waals surface area contributed by atoms with E-state index in [9.17, 15) is 9.59 Å². The fourth-order valence-electron chi connectivity index (χ4n) is 1.43. The molecule has 0 aliphatic rings. The van der Waals surface area contributed by atoms with Crippen LogP contribution in [0.3, 0.4) is 0 Å². The van der Waals surface area contributed by atoms with E-state index >= 15 is 0 Å². The molecule has 5 nitrogen and oxygen atoms in total. The molecule has 2 heterocycles. The number of rotatable bonds is 2. The predicted octanol–water partition coefficient (Wildman–Crippen LogP) is 0.555. The normalized spacial score (nSPS) is 10.5. The fraction of sp³-hybridized carbons (Fsp3) is 0.200. The van der Waals surface area contributed by atoms with Crippen LogP contribution in [0.15, 0.2) is 32.4 Å². The van der Waals surface area contributed by atoms with Gasteiger partial charge >= 0.3 is 5.69 Å². The highest BCUT2D eigenvalue weighted by Crippen LogP contribution is 2.07. The van der Waals surface area contributed by atoms with Gasteiger partial charge in [-0.15, -0.1) is 0 Å². The van der Waals surface area contributed by atoms with E-state index in [2.05, 4.69) is 9.97 Å². The largest absolute Gasteiger partial charge is 0.469 e. The van der Waals surface area contributed by atoms with Crippen molar-refractivity contribution >= 4 is 0 Å². The summed E-state index contributed by atoms with van der Waals surface area (Å²) in [6, 6.07) is 3.54. The molecule has 0 amide bonds. The quantitative estimate of drug-likeness (QED) is 0.753. The molecule has 2 aromatic heterocycles. The first kappa shape index (κ1) is 9.51. The summed E-state index contributed by atoms with van der Waals surface area (Å²) in [5, 5.41) is 0. The summed E-state index contributed by atoms with van der Waals surface area (Å²) in [7, 11) is 0. The smallest absolute Gasteiger partial charge is 0.325 e. The number of aryl methyl sites for hydroxylation is 1. The molecule has 0 radical (unpaired) electrons. The molecule has 0 aliphatic carbocycles. The van der Waals surface area contributed by atoms with Crippen molar-refractivity contribution in [2.45, 2.75) is 13.3 Å². The average Bonchev–Trinajstić information content (AvgIpc) is 2.63. The van der Waals surface area contributed by atoms with E-state index in [0.717, 1.165) is 0 Å². The lowest BCUT2D eigenvalue weighted by atomic mass is 10.1. The Labute approximate surface area is 84.8 Å². The van der Waals surface area contributed by atoms with Gasteiger partial charge in [-0.2, -0.15) is 0 Å². The van der Waals surface area contributed by atoms with Gasteiger partial charge in [0.2, 0.25) is 0 Å². The van der Waals surface area contributed by atoms with Crippen molar-refractivity contribution in [2.24, 2.45) is 0 Å². The van der Waals surface area contributed by atoms with Crippen LogP contribution in [0.25, 0.3) is 0 Å². The van der Waals surface area contributed by atoms with Gasteiger partial charge in [0.15, 0.2) is 0 Å². The summed E-state index contributed by atoms with van der Waals surface area (Å²) in [6.07, 6.45) is 1.93. The Morgan fingerprint density at radius 1 is 1.33 bits per heavy atom. The molecule has 2 N–H and O–H groups in total. The third-order valence-corrected chi connectivity index (χ3v) is 2.19. The third kappa shape index (κ3) is 1.90. The number of nitrogens with one attached hydrogen (secondary N) is 2. The minimum atomic E-state index is -0.485. The summed E-state index contributed by atoms with van der Waals surface area (Å²) in [5.41, 5.74) is 0.234. The molecule has 0 unspecified atom stereocenters. The zero-order valence-electron chi connectivity index (χ0n) is 8.16. The van der Waals surface area contributed by atoms with Crippen molar-refractivity contribution in [2.75, 3.05) is 0 Å². The number of hydrogen-bond donors (Lipinski definition) is 2. The third-order valence-electron chi connectivity index (χ3n) is 2.19. The van der Waals surface area contributed by atoms with Crippen LogP contribution in [0.1, 0.15) is 17.0 Å². The van der Waals surface area contributed by atoms with Gasteiger partial charge < -0.3 is 9.40 Å². The molecule has 0 atom stereocenters. The lowest BCUT2D eigenvalue weighted by Gasteiger charge is -2.00. The standard InChI is InChI=1S/C10H10N2O3/c1-6-8(5-7-3-2-4-15-7)9(13)12-10(14)11-6/h2-4H,5H2,1H3,(H2,11,12,13,14). The van der Waals surface area contributed by atoms with Crippen LogP contribution in [-0.4, -0.2) is 9.97 Å². The molecule has 0 saturated carbocycles. The molecule has 15 heavy (non-hydrogen) atoms. The van der Waals surface area contributed by atoms with Gasteiger partial charge in [0.1, 0.15) is 5.76 Å². The molecular weight excluding hydrogens is 196 g/mol. The predicted molar refractivity (Wildman–Crippen MR) is 53.9 cm³/mol. The van der Waals surface area contributed by atoms with Crippen molar-refractivity contribution in [1.29, 1.82) is 0 Å². The molecule has 2 aromatic rings. The van der Waals surface area contributed by atoms with Crippen LogP contribution in [0.5, 0.6) is 0 Å². The number of furan rings is 1. The molecule has 0 aliphatic heterocycles. The molecule has 0 spiro atoms. The van der Waals surface area contributed by atoms with Crippen LogP contribution in [0.4, 0.5) is 0 Å². The Bertz CT molecular complexity index is 563. The number of aromatic amines is 2. The van der Waals surface area contributed by atoms with E-state index in [0.29, 0.717) is 23.4 Å². The average molecular weight is 206 g/mol. The topological polar surface area (TPSA) is 78.9 Å². The van der Waals surface area contributed by atoms with E-state index in [-0.39, 0.29) is 5.56 Å². The summed E-state index contributed by atoms with van der Waals surface area (Å²) >= 11 is 0. The first-order valence-corrected chi connectivity index (χ1v) is 4.51. The van der Waals surface area contributed by atoms with Crippen molar-refractivity contribution in [3.63, 3.8) is 0 Å². The van der Waals surface area contributed by atoms with Gasteiger partial charge in [0.25, 0.3) is 5.56 Å². The molecule has 5 heteroatoms. The number of H-pyrrole nitrogens is 2.